The highest BCUT2D eigenvalue weighted by molar-refractivity contribution is 5.74. The number of carbonyl (C=O) groups is 1. The molecular weight excluding hydrogens is 202 g/mol. The third-order valence-corrected chi connectivity index (χ3v) is 3.23. The zero-order valence-corrected chi connectivity index (χ0v) is 9.53. The van der Waals surface area contributed by atoms with Gasteiger partial charge in [-0.2, -0.15) is 0 Å². The van der Waals surface area contributed by atoms with Crippen molar-refractivity contribution in [2.45, 2.75) is 25.0 Å². The number of piperidine rings is 1. The molecule has 1 fully saturated rings. The molecular formula is C13H17NO2. The fraction of sp³-hybridized carbons (Fsp3) is 0.462. The van der Waals surface area contributed by atoms with Gasteiger partial charge >= 0.3 is 0 Å². The van der Waals surface area contributed by atoms with E-state index in [4.69, 9.17) is 4.74 Å². The highest BCUT2D eigenvalue weighted by Crippen LogP contribution is 2.30. The Morgan fingerprint density at radius 2 is 2.06 bits per heavy atom. The molecule has 0 aliphatic carbocycles. The van der Waals surface area contributed by atoms with Crippen LogP contribution in [0, 0.1) is 0 Å². The van der Waals surface area contributed by atoms with Crippen LogP contribution in [0.15, 0.2) is 24.3 Å². The lowest BCUT2D eigenvalue weighted by atomic mass is 9.92. The molecule has 1 aromatic rings. The molecule has 0 amide bonds. The zero-order chi connectivity index (χ0) is 11.4. The van der Waals surface area contributed by atoms with Gasteiger partial charge in [0, 0.05) is 12.7 Å². The molecule has 86 valence electrons. The fourth-order valence-corrected chi connectivity index (χ4v) is 2.25. The molecule has 1 aliphatic heterocycles. The topological polar surface area (TPSA) is 38.3 Å². The lowest BCUT2D eigenvalue weighted by Gasteiger charge is -2.37. The Morgan fingerprint density at radius 3 is 2.56 bits per heavy atom. The van der Waals surface area contributed by atoms with Gasteiger partial charge in [-0.3, -0.25) is 10.1 Å². The summed E-state index contributed by atoms with van der Waals surface area (Å²) < 4.78 is 5.64. The molecule has 0 radical (unpaired) electrons. The Hall–Kier alpha value is -1.19. The molecule has 0 spiro atoms. The van der Waals surface area contributed by atoms with Crippen LogP contribution in [0.5, 0.6) is 0 Å². The second-order valence-corrected chi connectivity index (χ2v) is 4.15. The van der Waals surface area contributed by atoms with Gasteiger partial charge in [0.15, 0.2) is 0 Å². The number of nitrogens with one attached hydrogen (secondary N) is 1. The Labute approximate surface area is 95.8 Å². The summed E-state index contributed by atoms with van der Waals surface area (Å²) in [7, 11) is 1.73. The molecule has 2 rings (SSSR count). The number of hydrogen-bond donors (Lipinski definition) is 1. The summed E-state index contributed by atoms with van der Waals surface area (Å²) in [5.41, 5.74) is 1.44. The Morgan fingerprint density at radius 1 is 1.31 bits per heavy atom. The molecule has 1 aliphatic rings. The summed E-state index contributed by atoms with van der Waals surface area (Å²) in [6.07, 6.45) is 4.19. The number of rotatable bonds is 3. The fourth-order valence-electron chi connectivity index (χ4n) is 2.25. The number of methoxy groups -OCH3 is 1. The molecule has 3 nitrogen and oxygen atoms in total. The summed E-state index contributed by atoms with van der Waals surface area (Å²) >= 11 is 0. The van der Waals surface area contributed by atoms with Gasteiger partial charge in [-0.1, -0.05) is 24.3 Å². The van der Waals surface area contributed by atoms with Crippen LogP contribution in [0.4, 0.5) is 0 Å². The van der Waals surface area contributed by atoms with Crippen molar-refractivity contribution in [3.63, 3.8) is 0 Å². The normalized spacial score (nSPS) is 25.3. The average Bonchev–Trinajstić information content (AvgIpc) is 2.39. The van der Waals surface area contributed by atoms with Crippen molar-refractivity contribution < 1.29 is 9.53 Å². The number of carbonyl (C=O) groups excluding carboxylic acids is 1. The average molecular weight is 219 g/mol. The predicted molar refractivity (Wildman–Crippen MR) is 62.4 cm³/mol. The second-order valence-electron chi connectivity index (χ2n) is 4.15. The zero-order valence-electron chi connectivity index (χ0n) is 9.53. The molecule has 1 N–H and O–H groups in total. The standard InChI is InChI=1S/C13H17NO2/c1-16-13(8-2-3-9-14-13)12-6-4-11(10-15)5-7-12/h4-7,10,14H,2-3,8-9H2,1H3/t13-/m0/s1. The van der Waals surface area contributed by atoms with E-state index in [0.29, 0.717) is 5.56 Å². The third-order valence-electron chi connectivity index (χ3n) is 3.23. The van der Waals surface area contributed by atoms with E-state index in [2.05, 4.69) is 5.32 Å². The summed E-state index contributed by atoms with van der Waals surface area (Å²) in [5.74, 6) is 0. The maximum atomic E-state index is 10.6. The van der Waals surface area contributed by atoms with Gasteiger partial charge < -0.3 is 4.74 Å². The van der Waals surface area contributed by atoms with E-state index in [1.807, 2.05) is 24.3 Å². The maximum Gasteiger partial charge on any atom is 0.150 e. The van der Waals surface area contributed by atoms with Crippen LogP contribution in [-0.2, 0) is 10.5 Å². The van der Waals surface area contributed by atoms with Gasteiger partial charge in [-0.25, -0.2) is 0 Å². The first-order chi connectivity index (χ1) is 7.80. The predicted octanol–water partition coefficient (Wildman–Crippen LogP) is 2.07. The van der Waals surface area contributed by atoms with Gasteiger partial charge in [0.25, 0.3) is 0 Å². The molecule has 0 aromatic heterocycles. The molecule has 16 heavy (non-hydrogen) atoms. The van der Waals surface area contributed by atoms with Crippen LogP contribution in [0.1, 0.15) is 35.2 Å². The number of ether oxygens (including phenoxy) is 1. The van der Waals surface area contributed by atoms with E-state index in [-0.39, 0.29) is 5.72 Å². The van der Waals surface area contributed by atoms with E-state index < -0.39 is 0 Å². The maximum absolute atomic E-state index is 10.6. The SMILES string of the molecule is CO[C@]1(c2ccc(C=O)cc2)CCCCN1. The molecule has 1 atom stereocenters. The van der Waals surface area contributed by atoms with Crippen molar-refractivity contribution >= 4 is 6.29 Å². The second kappa shape index (κ2) is 4.76. The first-order valence-electron chi connectivity index (χ1n) is 5.67. The van der Waals surface area contributed by atoms with E-state index in [1.54, 1.807) is 7.11 Å². The number of benzene rings is 1. The van der Waals surface area contributed by atoms with Crippen LogP contribution >= 0.6 is 0 Å². The van der Waals surface area contributed by atoms with Gasteiger partial charge in [0.1, 0.15) is 12.0 Å². The summed E-state index contributed by atoms with van der Waals surface area (Å²) in [6.45, 7) is 0.975. The third kappa shape index (κ3) is 2.01. The van der Waals surface area contributed by atoms with Crippen LogP contribution in [0.3, 0.4) is 0 Å². The van der Waals surface area contributed by atoms with Crippen molar-refractivity contribution in [1.82, 2.24) is 5.32 Å². The minimum atomic E-state index is -0.361. The molecule has 0 saturated carbocycles. The van der Waals surface area contributed by atoms with Gasteiger partial charge in [-0.05, 0) is 31.4 Å². The lowest BCUT2D eigenvalue weighted by molar-refractivity contribution is -0.0648. The summed E-state index contributed by atoms with van der Waals surface area (Å²) in [6, 6.07) is 7.59. The van der Waals surface area contributed by atoms with Gasteiger partial charge in [-0.15, -0.1) is 0 Å². The van der Waals surface area contributed by atoms with E-state index >= 15 is 0 Å². The van der Waals surface area contributed by atoms with E-state index in [0.717, 1.165) is 31.2 Å². The van der Waals surface area contributed by atoms with Crippen molar-refractivity contribution in [2.24, 2.45) is 0 Å². The van der Waals surface area contributed by atoms with E-state index in [9.17, 15) is 4.79 Å². The lowest BCUT2D eigenvalue weighted by Crippen LogP contribution is -2.47. The molecule has 1 heterocycles. The number of hydrogen-bond acceptors (Lipinski definition) is 3. The largest absolute Gasteiger partial charge is 0.360 e. The molecule has 0 bridgehead atoms. The van der Waals surface area contributed by atoms with E-state index in [1.165, 1.54) is 6.42 Å². The molecule has 1 saturated heterocycles. The van der Waals surface area contributed by atoms with Crippen LogP contribution in [0.25, 0.3) is 0 Å². The van der Waals surface area contributed by atoms with Crippen LogP contribution in [0.2, 0.25) is 0 Å². The quantitative estimate of drug-likeness (QED) is 0.791. The van der Waals surface area contributed by atoms with Gasteiger partial charge in [0.05, 0.1) is 0 Å². The van der Waals surface area contributed by atoms with Crippen LogP contribution < -0.4 is 5.32 Å². The van der Waals surface area contributed by atoms with Gasteiger partial charge in [0.2, 0.25) is 0 Å². The minimum absolute atomic E-state index is 0.361. The number of aldehydes is 1. The van der Waals surface area contributed by atoms with Crippen molar-refractivity contribution in [2.75, 3.05) is 13.7 Å². The molecule has 1 aromatic carbocycles. The monoisotopic (exact) mass is 219 g/mol. The van der Waals surface area contributed by atoms with Crippen LogP contribution in [-0.4, -0.2) is 19.9 Å². The Balaban J connectivity index is 2.28. The highest BCUT2D eigenvalue weighted by atomic mass is 16.5. The first kappa shape index (κ1) is 11.3. The summed E-state index contributed by atoms with van der Waals surface area (Å²) in [4.78, 5) is 10.6. The Bertz CT molecular complexity index is 353. The minimum Gasteiger partial charge on any atom is -0.360 e. The smallest absolute Gasteiger partial charge is 0.150 e. The Kier molecular flexibility index (Phi) is 3.36. The summed E-state index contributed by atoms with van der Waals surface area (Å²) in [5, 5.41) is 3.43. The molecule has 0 unspecified atom stereocenters. The van der Waals surface area contributed by atoms with Crippen molar-refractivity contribution in [1.29, 1.82) is 0 Å². The first-order valence-corrected chi connectivity index (χ1v) is 5.67. The highest BCUT2D eigenvalue weighted by Gasteiger charge is 2.33. The van der Waals surface area contributed by atoms with Crippen molar-refractivity contribution in [3.05, 3.63) is 35.4 Å². The molecule has 3 heteroatoms. The van der Waals surface area contributed by atoms with Crippen molar-refractivity contribution in [3.8, 4) is 0 Å².